The molecule has 3 heterocycles. The Labute approximate surface area is 163 Å². The number of aromatic nitrogens is 6. The summed E-state index contributed by atoms with van der Waals surface area (Å²) in [5.74, 6) is 1.37. The zero-order valence-electron chi connectivity index (χ0n) is 16.3. The van der Waals surface area contributed by atoms with Crippen LogP contribution in [0.25, 0.3) is 11.0 Å². The van der Waals surface area contributed by atoms with Crippen molar-refractivity contribution in [2.24, 2.45) is 7.05 Å². The summed E-state index contributed by atoms with van der Waals surface area (Å²) >= 11 is 0. The first kappa shape index (κ1) is 19.7. The van der Waals surface area contributed by atoms with Crippen molar-refractivity contribution >= 4 is 28.6 Å². The zero-order chi connectivity index (χ0) is 19.8. The number of esters is 1. The molecule has 0 fully saturated rings. The molecule has 0 aliphatic carbocycles. The van der Waals surface area contributed by atoms with Gasteiger partial charge in [0.1, 0.15) is 17.4 Å². The van der Waals surface area contributed by atoms with Gasteiger partial charge in [-0.1, -0.05) is 12.8 Å². The number of anilines is 2. The van der Waals surface area contributed by atoms with Gasteiger partial charge in [0, 0.05) is 32.4 Å². The zero-order valence-corrected chi connectivity index (χ0v) is 16.3. The van der Waals surface area contributed by atoms with Crippen molar-refractivity contribution in [3.05, 3.63) is 31.1 Å². The summed E-state index contributed by atoms with van der Waals surface area (Å²) in [6.07, 6.45) is 12.5. The molecule has 9 nitrogen and oxygen atoms in total. The molecule has 0 saturated heterocycles. The lowest BCUT2D eigenvalue weighted by atomic mass is 10.1. The fourth-order valence-electron chi connectivity index (χ4n) is 3.07. The average Bonchev–Trinajstić information content (AvgIpc) is 3.10. The van der Waals surface area contributed by atoms with Crippen LogP contribution in [-0.2, 0) is 16.6 Å². The van der Waals surface area contributed by atoms with Crippen molar-refractivity contribution in [3.63, 3.8) is 0 Å². The summed E-state index contributed by atoms with van der Waals surface area (Å²) in [5, 5.41) is 4.29. The smallest absolute Gasteiger partial charge is 0.305 e. The van der Waals surface area contributed by atoms with Gasteiger partial charge in [-0.3, -0.25) is 14.5 Å². The van der Waals surface area contributed by atoms with Gasteiger partial charge in [-0.25, -0.2) is 15.0 Å². The highest BCUT2D eigenvalue weighted by Crippen LogP contribution is 2.27. The van der Waals surface area contributed by atoms with Gasteiger partial charge in [0.15, 0.2) is 11.6 Å². The minimum absolute atomic E-state index is 0.122. The molecule has 0 atom stereocenters. The first-order chi connectivity index (χ1) is 13.7. The lowest BCUT2D eigenvalue weighted by Crippen LogP contribution is -2.22. The molecule has 148 valence electrons. The maximum atomic E-state index is 11.4. The number of fused-ring (bicyclic) bond motifs is 1. The Kier molecular flexibility index (Phi) is 6.83. The average molecular weight is 383 g/mol. The van der Waals surface area contributed by atoms with Gasteiger partial charge in [0.05, 0.1) is 19.0 Å². The Balaban J connectivity index is 1.67. The van der Waals surface area contributed by atoms with Crippen LogP contribution in [0.3, 0.4) is 0 Å². The second kappa shape index (κ2) is 9.72. The van der Waals surface area contributed by atoms with Crippen molar-refractivity contribution in [1.29, 1.82) is 0 Å². The van der Waals surface area contributed by atoms with Crippen LogP contribution >= 0.6 is 0 Å². The van der Waals surface area contributed by atoms with Crippen LogP contribution in [0.15, 0.2) is 31.1 Å². The van der Waals surface area contributed by atoms with Gasteiger partial charge in [0.2, 0.25) is 0 Å². The highest BCUT2D eigenvalue weighted by Gasteiger charge is 2.18. The standard InChI is InChI=1S/C19H25N7O2/c1-3-28-17(27)8-6-4-5-7-11-26(16-13-20-9-10-21-16)19-18-15(22-14-23-19)12-24-25(18)2/h9-10,12-14H,3-8,11H2,1-2H3. The van der Waals surface area contributed by atoms with E-state index in [2.05, 4.69) is 25.0 Å². The van der Waals surface area contributed by atoms with Crippen LogP contribution in [-0.4, -0.2) is 48.8 Å². The lowest BCUT2D eigenvalue weighted by molar-refractivity contribution is -0.143. The van der Waals surface area contributed by atoms with Gasteiger partial charge in [0.25, 0.3) is 0 Å². The third kappa shape index (κ3) is 4.79. The molecular formula is C19H25N7O2. The molecule has 0 N–H and O–H groups in total. The third-order valence-electron chi connectivity index (χ3n) is 4.41. The highest BCUT2D eigenvalue weighted by atomic mass is 16.5. The van der Waals surface area contributed by atoms with Crippen LogP contribution in [0.1, 0.15) is 39.0 Å². The molecule has 0 aromatic carbocycles. The summed E-state index contributed by atoms with van der Waals surface area (Å²) < 4.78 is 6.73. The van der Waals surface area contributed by atoms with E-state index in [0.717, 1.165) is 54.9 Å². The first-order valence-corrected chi connectivity index (χ1v) is 9.52. The summed E-state index contributed by atoms with van der Waals surface area (Å²) in [7, 11) is 1.87. The molecule has 3 aromatic heterocycles. The van der Waals surface area contributed by atoms with E-state index >= 15 is 0 Å². The van der Waals surface area contributed by atoms with E-state index in [-0.39, 0.29) is 5.97 Å². The molecule has 0 radical (unpaired) electrons. The van der Waals surface area contributed by atoms with Crippen LogP contribution in [0.4, 0.5) is 11.6 Å². The number of hydrogen-bond acceptors (Lipinski definition) is 8. The number of carbonyl (C=O) groups excluding carboxylic acids is 1. The molecular weight excluding hydrogens is 358 g/mol. The van der Waals surface area contributed by atoms with Crippen LogP contribution in [0.2, 0.25) is 0 Å². The lowest BCUT2D eigenvalue weighted by Gasteiger charge is -2.23. The number of hydrogen-bond donors (Lipinski definition) is 0. The molecule has 0 aliphatic rings. The Bertz CT molecular complexity index is 898. The highest BCUT2D eigenvalue weighted by molar-refractivity contribution is 5.87. The molecule has 0 amide bonds. The SMILES string of the molecule is CCOC(=O)CCCCCCN(c1cnccn1)c1ncnc2cnn(C)c12. The Morgan fingerprint density at radius 3 is 2.75 bits per heavy atom. The van der Waals surface area contributed by atoms with Crippen molar-refractivity contribution in [2.75, 3.05) is 18.1 Å². The summed E-state index contributed by atoms with van der Waals surface area (Å²) in [6, 6.07) is 0. The molecule has 28 heavy (non-hydrogen) atoms. The molecule has 0 spiro atoms. The number of rotatable bonds is 10. The maximum absolute atomic E-state index is 11.4. The predicted octanol–water partition coefficient (Wildman–Crippen LogP) is 2.81. The second-order valence-corrected chi connectivity index (χ2v) is 6.38. The molecule has 0 bridgehead atoms. The Morgan fingerprint density at radius 2 is 1.96 bits per heavy atom. The normalized spacial score (nSPS) is 10.9. The van der Waals surface area contributed by atoms with Crippen molar-refractivity contribution < 1.29 is 9.53 Å². The van der Waals surface area contributed by atoms with Crippen molar-refractivity contribution in [3.8, 4) is 0 Å². The first-order valence-electron chi connectivity index (χ1n) is 9.52. The van der Waals surface area contributed by atoms with Crippen LogP contribution < -0.4 is 4.90 Å². The predicted molar refractivity (Wildman–Crippen MR) is 105 cm³/mol. The van der Waals surface area contributed by atoms with E-state index < -0.39 is 0 Å². The van der Waals surface area contributed by atoms with Gasteiger partial charge in [-0.2, -0.15) is 5.10 Å². The Morgan fingerprint density at radius 1 is 1.11 bits per heavy atom. The van der Waals surface area contributed by atoms with Crippen molar-refractivity contribution in [2.45, 2.75) is 39.0 Å². The van der Waals surface area contributed by atoms with E-state index in [9.17, 15) is 4.79 Å². The van der Waals surface area contributed by atoms with Crippen LogP contribution in [0, 0.1) is 0 Å². The summed E-state index contributed by atoms with van der Waals surface area (Å²) in [5.41, 5.74) is 1.64. The fourth-order valence-corrected chi connectivity index (χ4v) is 3.07. The van der Waals surface area contributed by atoms with Crippen molar-refractivity contribution in [1.82, 2.24) is 29.7 Å². The molecule has 3 aromatic rings. The molecule has 0 aliphatic heterocycles. The summed E-state index contributed by atoms with van der Waals surface area (Å²) in [6.45, 7) is 2.99. The minimum atomic E-state index is -0.122. The second-order valence-electron chi connectivity index (χ2n) is 6.38. The monoisotopic (exact) mass is 383 g/mol. The molecule has 0 unspecified atom stereocenters. The number of carbonyl (C=O) groups is 1. The Hall–Kier alpha value is -3.10. The number of unbranched alkanes of at least 4 members (excludes halogenated alkanes) is 3. The number of ether oxygens (including phenoxy) is 1. The van der Waals surface area contributed by atoms with E-state index in [1.165, 1.54) is 0 Å². The third-order valence-corrected chi connectivity index (χ3v) is 4.41. The van der Waals surface area contributed by atoms with E-state index in [4.69, 9.17) is 4.74 Å². The maximum Gasteiger partial charge on any atom is 0.305 e. The van der Waals surface area contributed by atoms with E-state index in [0.29, 0.717) is 13.0 Å². The molecule has 3 rings (SSSR count). The van der Waals surface area contributed by atoms with E-state index in [1.54, 1.807) is 35.8 Å². The van der Waals surface area contributed by atoms with Gasteiger partial charge < -0.3 is 9.64 Å². The van der Waals surface area contributed by atoms with Gasteiger partial charge in [-0.05, 0) is 19.8 Å². The van der Waals surface area contributed by atoms with Crippen LogP contribution in [0.5, 0.6) is 0 Å². The van der Waals surface area contributed by atoms with E-state index in [1.807, 2.05) is 18.9 Å². The quantitative estimate of drug-likeness (QED) is 0.389. The number of aryl methyl sites for hydroxylation is 1. The number of nitrogens with zero attached hydrogens (tertiary/aromatic N) is 7. The fraction of sp³-hybridized carbons (Fsp3) is 0.474. The van der Waals surface area contributed by atoms with Gasteiger partial charge in [-0.15, -0.1) is 0 Å². The minimum Gasteiger partial charge on any atom is -0.466 e. The molecule has 0 saturated carbocycles. The van der Waals surface area contributed by atoms with Gasteiger partial charge >= 0.3 is 5.97 Å². The topological polar surface area (TPSA) is 98.9 Å². The largest absolute Gasteiger partial charge is 0.466 e. The molecule has 9 heteroatoms. The summed E-state index contributed by atoms with van der Waals surface area (Å²) in [4.78, 5) is 30.9.